The molecule has 6 nitrogen and oxygen atoms in total. The van der Waals surface area contributed by atoms with E-state index in [1.807, 2.05) is 0 Å². The van der Waals surface area contributed by atoms with Gasteiger partial charge in [-0.3, -0.25) is 4.79 Å². The molecular weight excluding hydrogens is 345 g/mol. The van der Waals surface area contributed by atoms with Crippen molar-refractivity contribution in [1.82, 2.24) is 14.7 Å². The summed E-state index contributed by atoms with van der Waals surface area (Å²) in [6, 6.07) is 7.29. The van der Waals surface area contributed by atoms with E-state index in [0.717, 1.165) is 19.1 Å². The van der Waals surface area contributed by atoms with Crippen molar-refractivity contribution in [3.63, 3.8) is 0 Å². The van der Waals surface area contributed by atoms with E-state index in [4.69, 9.17) is 0 Å². The topological polar surface area (TPSA) is 72.3 Å². The van der Waals surface area contributed by atoms with Crippen LogP contribution in [0.3, 0.4) is 0 Å². The van der Waals surface area contributed by atoms with Gasteiger partial charge in [0.05, 0.1) is 5.75 Å². The molecule has 1 heterocycles. The highest BCUT2D eigenvalue weighted by Gasteiger charge is 2.38. The van der Waals surface area contributed by atoms with Gasteiger partial charge >= 0.3 is 0 Å². The first-order chi connectivity index (χ1) is 11.8. The summed E-state index contributed by atoms with van der Waals surface area (Å²) >= 11 is 0. The third-order valence-corrected chi connectivity index (χ3v) is 5.19. The maximum Gasteiger partial charge on any atom is 0.274 e. The minimum absolute atomic E-state index is 0.0443. The predicted molar refractivity (Wildman–Crippen MR) is 91.9 cm³/mol. The van der Waals surface area contributed by atoms with E-state index in [2.05, 4.69) is 5.10 Å². The second-order valence-electron chi connectivity index (χ2n) is 6.48. The summed E-state index contributed by atoms with van der Waals surface area (Å²) in [6.07, 6.45) is 4.39. The van der Waals surface area contributed by atoms with Gasteiger partial charge in [0.2, 0.25) is 0 Å². The van der Waals surface area contributed by atoms with Gasteiger partial charge in [0.1, 0.15) is 21.3 Å². The Hall–Kier alpha value is -2.22. The van der Waals surface area contributed by atoms with Crippen LogP contribution in [0, 0.1) is 5.82 Å². The molecule has 0 aliphatic heterocycles. The zero-order chi connectivity index (χ0) is 18.2. The highest BCUT2D eigenvalue weighted by molar-refractivity contribution is 7.90. The average Bonchev–Trinajstić information content (AvgIpc) is 3.21. The molecule has 1 fully saturated rings. The van der Waals surface area contributed by atoms with Crippen molar-refractivity contribution >= 4 is 15.7 Å². The monoisotopic (exact) mass is 365 g/mol. The summed E-state index contributed by atoms with van der Waals surface area (Å²) in [4.78, 5) is 14.4. The van der Waals surface area contributed by atoms with Gasteiger partial charge in [0.15, 0.2) is 5.69 Å². The molecule has 1 aromatic carbocycles. The standard InChI is InChI=1S/C17H20FN3O3S/c1-12(11-25(2,23)24)21(13-7-8-13)17(22)15-9-10-20(19-15)16-6-4-3-5-14(16)18/h3-6,9-10,12-13H,7-8,11H2,1-2H3. The van der Waals surface area contributed by atoms with E-state index < -0.39 is 21.7 Å². The Labute approximate surface area is 146 Å². The summed E-state index contributed by atoms with van der Waals surface area (Å²) in [7, 11) is -3.20. The number of carbonyl (C=O) groups excluding carboxylic acids is 1. The lowest BCUT2D eigenvalue weighted by Crippen LogP contribution is -2.44. The second kappa shape index (κ2) is 6.59. The van der Waals surface area contributed by atoms with Crippen molar-refractivity contribution in [2.24, 2.45) is 0 Å². The van der Waals surface area contributed by atoms with Crippen LogP contribution in [0.2, 0.25) is 0 Å². The minimum Gasteiger partial charge on any atom is -0.331 e. The van der Waals surface area contributed by atoms with E-state index in [-0.39, 0.29) is 29.1 Å². The number of hydrogen-bond acceptors (Lipinski definition) is 4. The molecule has 1 amide bonds. The molecule has 0 saturated heterocycles. The highest BCUT2D eigenvalue weighted by Crippen LogP contribution is 2.30. The van der Waals surface area contributed by atoms with Gasteiger partial charge in [-0.15, -0.1) is 0 Å². The Morgan fingerprint density at radius 3 is 2.64 bits per heavy atom. The van der Waals surface area contributed by atoms with Gasteiger partial charge in [-0.1, -0.05) is 12.1 Å². The highest BCUT2D eigenvalue weighted by atomic mass is 32.2. The number of carbonyl (C=O) groups is 1. The maximum absolute atomic E-state index is 13.9. The Bertz CT molecular complexity index is 890. The molecular formula is C17H20FN3O3S. The number of aromatic nitrogens is 2. The molecule has 1 aromatic heterocycles. The normalized spacial score (nSPS) is 15.8. The fraction of sp³-hybridized carbons (Fsp3) is 0.412. The SMILES string of the molecule is CC(CS(C)(=O)=O)N(C(=O)c1ccn(-c2ccccc2F)n1)C1CC1. The lowest BCUT2D eigenvalue weighted by atomic mass is 10.2. The number of para-hydroxylation sites is 1. The Morgan fingerprint density at radius 1 is 1.36 bits per heavy atom. The molecule has 1 unspecified atom stereocenters. The molecule has 134 valence electrons. The molecule has 8 heteroatoms. The van der Waals surface area contributed by atoms with E-state index in [1.165, 1.54) is 23.0 Å². The first kappa shape index (κ1) is 17.6. The van der Waals surface area contributed by atoms with Gasteiger partial charge in [-0.05, 0) is 38.0 Å². The number of hydrogen-bond donors (Lipinski definition) is 0. The van der Waals surface area contributed by atoms with Crippen molar-refractivity contribution in [1.29, 1.82) is 0 Å². The molecule has 0 N–H and O–H groups in total. The number of halogens is 1. The van der Waals surface area contributed by atoms with Crippen LogP contribution in [-0.2, 0) is 9.84 Å². The molecule has 1 aliphatic carbocycles. The quantitative estimate of drug-likeness (QED) is 0.785. The van der Waals surface area contributed by atoms with Crippen LogP contribution < -0.4 is 0 Å². The summed E-state index contributed by atoms with van der Waals surface area (Å²) in [5.74, 6) is -0.855. The lowest BCUT2D eigenvalue weighted by Gasteiger charge is -2.28. The van der Waals surface area contributed by atoms with Crippen LogP contribution in [0.5, 0.6) is 0 Å². The zero-order valence-corrected chi connectivity index (χ0v) is 14.9. The van der Waals surface area contributed by atoms with Crippen molar-refractivity contribution in [2.45, 2.75) is 31.8 Å². The predicted octanol–water partition coefficient (Wildman–Crippen LogP) is 2.05. The molecule has 2 aromatic rings. The molecule has 0 spiro atoms. The van der Waals surface area contributed by atoms with Crippen LogP contribution in [0.15, 0.2) is 36.5 Å². The van der Waals surface area contributed by atoms with Crippen molar-refractivity contribution in [3.8, 4) is 5.69 Å². The van der Waals surface area contributed by atoms with Crippen molar-refractivity contribution < 1.29 is 17.6 Å². The van der Waals surface area contributed by atoms with E-state index in [1.54, 1.807) is 30.0 Å². The Balaban J connectivity index is 1.85. The van der Waals surface area contributed by atoms with Gasteiger partial charge in [-0.2, -0.15) is 5.10 Å². The molecule has 0 radical (unpaired) electrons. The Morgan fingerprint density at radius 2 is 2.04 bits per heavy atom. The fourth-order valence-electron chi connectivity index (χ4n) is 2.94. The number of nitrogens with zero attached hydrogens (tertiary/aromatic N) is 3. The van der Waals surface area contributed by atoms with Gasteiger partial charge < -0.3 is 4.90 Å². The van der Waals surface area contributed by atoms with E-state index in [9.17, 15) is 17.6 Å². The van der Waals surface area contributed by atoms with Crippen LogP contribution in [0.4, 0.5) is 4.39 Å². The van der Waals surface area contributed by atoms with Crippen molar-refractivity contribution in [2.75, 3.05) is 12.0 Å². The molecule has 0 bridgehead atoms. The van der Waals surface area contributed by atoms with Gasteiger partial charge in [-0.25, -0.2) is 17.5 Å². The van der Waals surface area contributed by atoms with Crippen LogP contribution in [-0.4, -0.2) is 53.1 Å². The minimum atomic E-state index is -3.20. The van der Waals surface area contributed by atoms with Gasteiger partial charge in [0.25, 0.3) is 5.91 Å². The molecule has 1 atom stereocenters. The van der Waals surface area contributed by atoms with Crippen LogP contribution in [0.1, 0.15) is 30.3 Å². The summed E-state index contributed by atoms with van der Waals surface area (Å²) in [5, 5.41) is 4.19. The molecule has 25 heavy (non-hydrogen) atoms. The van der Waals surface area contributed by atoms with Crippen LogP contribution >= 0.6 is 0 Å². The number of benzene rings is 1. The lowest BCUT2D eigenvalue weighted by molar-refractivity contribution is 0.0686. The van der Waals surface area contributed by atoms with Crippen molar-refractivity contribution in [3.05, 3.63) is 48.0 Å². The first-order valence-electron chi connectivity index (χ1n) is 8.07. The largest absolute Gasteiger partial charge is 0.331 e. The first-order valence-corrected chi connectivity index (χ1v) is 10.1. The number of amides is 1. The number of rotatable bonds is 6. The molecule has 1 saturated carbocycles. The van der Waals surface area contributed by atoms with E-state index >= 15 is 0 Å². The second-order valence-corrected chi connectivity index (χ2v) is 8.67. The summed E-state index contributed by atoms with van der Waals surface area (Å²) in [5.41, 5.74) is 0.430. The summed E-state index contributed by atoms with van der Waals surface area (Å²) in [6.45, 7) is 1.73. The van der Waals surface area contributed by atoms with E-state index in [0.29, 0.717) is 0 Å². The smallest absolute Gasteiger partial charge is 0.274 e. The third-order valence-electron chi connectivity index (χ3n) is 4.10. The third kappa shape index (κ3) is 4.07. The average molecular weight is 365 g/mol. The molecule has 3 rings (SSSR count). The zero-order valence-electron chi connectivity index (χ0n) is 14.1. The Kier molecular flexibility index (Phi) is 4.64. The maximum atomic E-state index is 13.9. The van der Waals surface area contributed by atoms with Crippen LogP contribution in [0.25, 0.3) is 5.69 Å². The summed E-state index contributed by atoms with van der Waals surface area (Å²) < 4.78 is 38.3. The fourth-order valence-corrected chi connectivity index (χ4v) is 3.98. The molecule has 1 aliphatic rings. The number of sulfone groups is 1. The van der Waals surface area contributed by atoms with Gasteiger partial charge in [0, 0.05) is 24.5 Å².